The van der Waals surface area contributed by atoms with E-state index in [-0.39, 0.29) is 5.69 Å². The number of hydrogen-bond acceptors (Lipinski definition) is 3. The monoisotopic (exact) mass is 230 g/mol. The molecule has 0 unspecified atom stereocenters. The summed E-state index contributed by atoms with van der Waals surface area (Å²) in [5, 5.41) is 12.9. The lowest BCUT2D eigenvalue weighted by atomic mass is 10.2. The van der Waals surface area contributed by atoms with Gasteiger partial charge in [-0.2, -0.15) is 5.10 Å². The van der Waals surface area contributed by atoms with Crippen LogP contribution in [-0.4, -0.2) is 27.1 Å². The smallest absolute Gasteiger partial charge is 0.356 e. The van der Waals surface area contributed by atoms with E-state index in [1.807, 2.05) is 0 Å². The number of rotatable bonds is 3. The van der Waals surface area contributed by atoms with Crippen LogP contribution in [0.4, 0.5) is 0 Å². The number of nitrogens with zero attached hydrogens (tertiary/aromatic N) is 2. The molecule has 0 fully saturated rings. The Morgan fingerprint density at radius 3 is 2.71 bits per heavy atom. The first-order chi connectivity index (χ1) is 8.13. The fraction of sp³-hybridized carbons (Fsp3) is 0.0833. The van der Waals surface area contributed by atoms with E-state index in [2.05, 4.69) is 5.10 Å². The van der Waals surface area contributed by atoms with Crippen molar-refractivity contribution < 1.29 is 14.7 Å². The highest BCUT2D eigenvalue weighted by atomic mass is 16.4. The molecule has 1 N–H and O–H groups in total. The molecule has 0 saturated carbocycles. The average Bonchev–Trinajstić information content (AvgIpc) is 2.71. The number of carboxylic acids is 1. The Bertz CT molecular complexity index is 587. The van der Waals surface area contributed by atoms with Crippen LogP contribution < -0.4 is 0 Å². The van der Waals surface area contributed by atoms with Gasteiger partial charge < -0.3 is 5.11 Å². The van der Waals surface area contributed by atoms with Crippen molar-refractivity contribution in [3.63, 3.8) is 0 Å². The third-order valence-electron chi connectivity index (χ3n) is 2.41. The van der Waals surface area contributed by atoms with Gasteiger partial charge in [-0.05, 0) is 19.1 Å². The Kier molecular flexibility index (Phi) is 2.74. The zero-order valence-electron chi connectivity index (χ0n) is 9.12. The number of carbonyl (C=O) groups excluding carboxylic acids is 1. The maximum atomic E-state index is 10.9. The molecule has 5 heteroatoms. The van der Waals surface area contributed by atoms with Gasteiger partial charge in [-0.1, -0.05) is 12.1 Å². The fourth-order valence-corrected chi connectivity index (χ4v) is 1.59. The highest BCUT2D eigenvalue weighted by Gasteiger charge is 2.14. The van der Waals surface area contributed by atoms with Gasteiger partial charge in [-0.15, -0.1) is 0 Å². The van der Waals surface area contributed by atoms with Gasteiger partial charge in [0.1, 0.15) is 0 Å². The van der Waals surface area contributed by atoms with Crippen molar-refractivity contribution in [3.05, 3.63) is 47.3 Å². The summed E-state index contributed by atoms with van der Waals surface area (Å²) in [4.78, 5) is 21.7. The third kappa shape index (κ3) is 1.94. The second kappa shape index (κ2) is 4.21. The number of carbonyl (C=O) groups is 2. The van der Waals surface area contributed by atoms with E-state index >= 15 is 0 Å². The molecule has 5 nitrogen and oxygen atoms in total. The highest BCUT2D eigenvalue weighted by molar-refractivity contribution is 5.87. The van der Waals surface area contributed by atoms with Crippen molar-refractivity contribution in [2.75, 3.05) is 0 Å². The van der Waals surface area contributed by atoms with Crippen molar-refractivity contribution in [2.24, 2.45) is 0 Å². The van der Waals surface area contributed by atoms with Gasteiger partial charge in [0.2, 0.25) is 0 Å². The molecular weight excluding hydrogens is 220 g/mol. The molecule has 0 saturated heterocycles. The predicted molar refractivity (Wildman–Crippen MR) is 60.6 cm³/mol. The quantitative estimate of drug-likeness (QED) is 0.814. The number of aromatic nitrogens is 2. The van der Waals surface area contributed by atoms with Crippen LogP contribution in [0.25, 0.3) is 5.69 Å². The van der Waals surface area contributed by atoms with Crippen LogP contribution >= 0.6 is 0 Å². The van der Waals surface area contributed by atoms with Gasteiger partial charge in [-0.25, -0.2) is 9.48 Å². The SMILES string of the molecule is Cc1cn(-c2ccccc2C=O)nc1C(=O)O. The number of hydrogen-bond donors (Lipinski definition) is 1. The summed E-state index contributed by atoms with van der Waals surface area (Å²) in [7, 11) is 0. The Balaban J connectivity index is 2.57. The van der Waals surface area contributed by atoms with E-state index in [0.29, 0.717) is 23.1 Å². The van der Waals surface area contributed by atoms with Crippen LogP contribution in [0.1, 0.15) is 26.4 Å². The standard InChI is InChI=1S/C12H10N2O3/c1-8-6-14(13-11(8)12(16)17)10-5-3-2-4-9(10)7-15/h2-7H,1H3,(H,16,17). The summed E-state index contributed by atoms with van der Waals surface area (Å²) in [6.07, 6.45) is 2.30. The Hall–Kier alpha value is -2.43. The van der Waals surface area contributed by atoms with Gasteiger partial charge in [0.25, 0.3) is 0 Å². The third-order valence-corrected chi connectivity index (χ3v) is 2.41. The van der Waals surface area contributed by atoms with Gasteiger partial charge in [0, 0.05) is 17.3 Å². The normalized spacial score (nSPS) is 10.2. The molecule has 0 bridgehead atoms. The van der Waals surface area contributed by atoms with Gasteiger partial charge >= 0.3 is 5.97 Å². The number of aryl methyl sites for hydroxylation is 1. The molecule has 0 spiro atoms. The van der Waals surface area contributed by atoms with Crippen LogP contribution in [0.5, 0.6) is 0 Å². The first-order valence-corrected chi connectivity index (χ1v) is 4.97. The molecule has 2 aromatic rings. The number of carboxylic acid groups (broad SMARTS) is 1. The minimum absolute atomic E-state index is 0.00861. The highest BCUT2D eigenvalue weighted by Crippen LogP contribution is 2.14. The number of aromatic carboxylic acids is 1. The summed E-state index contributed by atoms with van der Waals surface area (Å²) >= 11 is 0. The fourth-order valence-electron chi connectivity index (χ4n) is 1.59. The maximum Gasteiger partial charge on any atom is 0.356 e. The maximum absolute atomic E-state index is 10.9. The Labute approximate surface area is 97.3 Å². The minimum atomic E-state index is -1.08. The van der Waals surface area contributed by atoms with Crippen LogP contribution in [0, 0.1) is 6.92 Å². The van der Waals surface area contributed by atoms with Gasteiger partial charge in [0.05, 0.1) is 5.69 Å². The lowest BCUT2D eigenvalue weighted by Crippen LogP contribution is -2.03. The molecular formula is C12H10N2O3. The van der Waals surface area contributed by atoms with Gasteiger partial charge in [-0.3, -0.25) is 4.79 Å². The molecule has 17 heavy (non-hydrogen) atoms. The number of para-hydroxylation sites is 1. The summed E-state index contributed by atoms with van der Waals surface area (Å²) in [6.45, 7) is 1.66. The molecule has 0 aliphatic heterocycles. The predicted octanol–water partition coefficient (Wildman–Crippen LogP) is 1.69. The minimum Gasteiger partial charge on any atom is -0.476 e. The Morgan fingerprint density at radius 1 is 1.41 bits per heavy atom. The van der Waals surface area contributed by atoms with E-state index < -0.39 is 5.97 Å². The topological polar surface area (TPSA) is 72.2 Å². The lowest BCUT2D eigenvalue weighted by molar-refractivity contribution is 0.0689. The van der Waals surface area contributed by atoms with E-state index in [4.69, 9.17) is 5.11 Å². The van der Waals surface area contributed by atoms with Crippen LogP contribution in [0.15, 0.2) is 30.5 Å². The molecule has 2 rings (SSSR count). The zero-order valence-corrected chi connectivity index (χ0v) is 9.12. The molecule has 1 aromatic carbocycles. The van der Waals surface area contributed by atoms with Crippen molar-refractivity contribution in [1.29, 1.82) is 0 Å². The molecule has 1 heterocycles. The van der Waals surface area contributed by atoms with Crippen molar-refractivity contribution in [1.82, 2.24) is 9.78 Å². The first kappa shape index (κ1) is 11.1. The summed E-state index contributed by atoms with van der Waals surface area (Å²) in [5.41, 5.74) is 1.58. The van der Waals surface area contributed by atoms with Crippen LogP contribution in [-0.2, 0) is 0 Å². The zero-order chi connectivity index (χ0) is 12.4. The summed E-state index contributed by atoms with van der Waals surface area (Å²) in [5.74, 6) is -1.08. The second-order valence-corrected chi connectivity index (χ2v) is 3.59. The molecule has 0 aliphatic carbocycles. The van der Waals surface area contributed by atoms with Crippen LogP contribution in [0.3, 0.4) is 0 Å². The summed E-state index contributed by atoms with van der Waals surface area (Å²) in [6, 6.07) is 6.86. The lowest BCUT2D eigenvalue weighted by Gasteiger charge is -2.03. The molecule has 1 aromatic heterocycles. The van der Waals surface area contributed by atoms with E-state index in [9.17, 15) is 9.59 Å². The van der Waals surface area contributed by atoms with Crippen molar-refractivity contribution >= 4 is 12.3 Å². The number of benzene rings is 1. The van der Waals surface area contributed by atoms with E-state index in [0.717, 1.165) is 0 Å². The average molecular weight is 230 g/mol. The summed E-state index contributed by atoms with van der Waals surface area (Å²) < 4.78 is 1.41. The van der Waals surface area contributed by atoms with Gasteiger partial charge in [0.15, 0.2) is 12.0 Å². The van der Waals surface area contributed by atoms with Crippen molar-refractivity contribution in [3.8, 4) is 5.69 Å². The first-order valence-electron chi connectivity index (χ1n) is 4.97. The van der Waals surface area contributed by atoms with Crippen LogP contribution in [0.2, 0.25) is 0 Å². The van der Waals surface area contributed by atoms with E-state index in [1.54, 1.807) is 37.4 Å². The van der Waals surface area contributed by atoms with E-state index in [1.165, 1.54) is 4.68 Å². The molecule has 0 aliphatic rings. The molecule has 0 amide bonds. The second-order valence-electron chi connectivity index (χ2n) is 3.59. The largest absolute Gasteiger partial charge is 0.476 e. The molecule has 86 valence electrons. The van der Waals surface area contributed by atoms with Crippen molar-refractivity contribution in [2.45, 2.75) is 6.92 Å². The molecule has 0 radical (unpaired) electrons. The number of aldehydes is 1. The molecule has 0 atom stereocenters. The Morgan fingerprint density at radius 2 is 2.12 bits per heavy atom.